The second kappa shape index (κ2) is 5.86. The zero-order valence-electron chi connectivity index (χ0n) is 10.8. The molecule has 0 aromatic carbocycles. The van der Waals surface area contributed by atoms with Gasteiger partial charge in [-0.05, 0) is 37.5 Å². The molecular formula is C13H27NO. The van der Waals surface area contributed by atoms with Crippen LogP contribution in [0.15, 0.2) is 0 Å². The maximum absolute atomic E-state index is 5.20. The summed E-state index contributed by atoms with van der Waals surface area (Å²) in [6, 6.07) is 0.630. The molecule has 0 aromatic heterocycles. The van der Waals surface area contributed by atoms with Crippen LogP contribution in [-0.2, 0) is 4.74 Å². The average Bonchev–Trinajstić information content (AvgIpc) is 2.15. The molecule has 15 heavy (non-hydrogen) atoms. The van der Waals surface area contributed by atoms with Crippen LogP contribution in [0.2, 0.25) is 0 Å². The van der Waals surface area contributed by atoms with Gasteiger partial charge in [-0.3, -0.25) is 0 Å². The molecule has 0 bridgehead atoms. The first-order valence-electron chi connectivity index (χ1n) is 6.32. The molecule has 1 saturated carbocycles. The molecule has 2 heteroatoms. The Morgan fingerprint density at radius 2 is 1.93 bits per heavy atom. The third-order valence-electron chi connectivity index (χ3n) is 4.05. The van der Waals surface area contributed by atoms with Crippen LogP contribution in [0.1, 0.15) is 46.5 Å². The molecule has 0 heterocycles. The molecule has 1 aliphatic carbocycles. The Hall–Kier alpha value is -0.0800. The van der Waals surface area contributed by atoms with Gasteiger partial charge in [-0.25, -0.2) is 0 Å². The minimum absolute atomic E-state index is 0.555. The van der Waals surface area contributed by atoms with Crippen LogP contribution < -0.4 is 5.32 Å². The molecular weight excluding hydrogens is 186 g/mol. The number of hydrogen-bond acceptors (Lipinski definition) is 2. The molecule has 0 saturated heterocycles. The van der Waals surface area contributed by atoms with Crippen LogP contribution in [0.4, 0.5) is 0 Å². The van der Waals surface area contributed by atoms with Crippen molar-refractivity contribution in [1.29, 1.82) is 0 Å². The zero-order chi connectivity index (χ0) is 11.3. The van der Waals surface area contributed by atoms with Gasteiger partial charge in [0.25, 0.3) is 0 Å². The van der Waals surface area contributed by atoms with Crippen molar-refractivity contribution in [2.45, 2.75) is 52.5 Å². The lowest BCUT2D eigenvalue weighted by Gasteiger charge is -2.43. The Bertz CT molecular complexity index is 175. The number of rotatable bonds is 7. The van der Waals surface area contributed by atoms with E-state index in [1.807, 2.05) is 0 Å². The normalized spacial score (nSPS) is 21.4. The summed E-state index contributed by atoms with van der Waals surface area (Å²) in [4.78, 5) is 0. The van der Waals surface area contributed by atoms with Gasteiger partial charge in [0.2, 0.25) is 0 Å². The first kappa shape index (κ1) is 13.0. The minimum atomic E-state index is 0.555. The summed E-state index contributed by atoms with van der Waals surface area (Å²) in [5, 5.41) is 3.68. The Balaban J connectivity index is 2.27. The predicted molar refractivity (Wildman–Crippen MR) is 65.1 cm³/mol. The molecule has 0 spiro atoms. The largest absolute Gasteiger partial charge is 0.385 e. The second-order valence-electron chi connectivity index (χ2n) is 5.51. The van der Waals surface area contributed by atoms with E-state index in [1.54, 1.807) is 7.11 Å². The van der Waals surface area contributed by atoms with Crippen molar-refractivity contribution < 1.29 is 4.74 Å². The molecule has 0 amide bonds. The number of methoxy groups -OCH3 is 1. The van der Waals surface area contributed by atoms with E-state index in [-0.39, 0.29) is 0 Å². The average molecular weight is 213 g/mol. The van der Waals surface area contributed by atoms with E-state index < -0.39 is 0 Å². The lowest BCUT2D eigenvalue weighted by Crippen LogP contribution is -2.44. The molecule has 2 nitrogen and oxygen atoms in total. The fourth-order valence-electron chi connectivity index (χ4n) is 2.12. The lowest BCUT2D eigenvalue weighted by molar-refractivity contribution is 0.0654. The first-order chi connectivity index (χ1) is 7.09. The van der Waals surface area contributed by atoms with Gasteiger partial charge in [-0.2, -0.15) is 0 Å². The molecule has 1 unspecified atom stereocenters. The molecule has 0 aromatic rings. The topological polar surface area (TPSA) is 21.3 Å². The van der Waals surface area contributed by atoms with Crippen LogP contribution >= 0.6 is 0 Å². The molecule has 0 radical (unpaired) electrons. The van der Waals surface area contributed by atoms with Gasteiger partial charge in [0.05, 0.1) is 0 Å². The van der Waals surface area contributed by atoms with E-state index >= 15 is 0 Å². The summed E-state index contributed by atoms with van der Waals surface area (Å²) in [7, 11) is 1.80. The third kappa shape index (κ3) is 3.76. The molecule has 0 aliphatic heterocycles. The van der Waals surface area contributed by atoms with Crippen molar-refractivity contribution in [3.63, 3.8) is 0 Å². The number of nitrogens with one attached hydrogen (secondary N) is 1. The van der Waals surface area contributed by atoms with Gasteiger partial charge in [-0.1, -0.05) is 20.3 Å². The molecule has 1 aliphatic rings. The van der Waals surface area contributed by atoms with E-state index in [4.69, 9.17) is 4.74 Å². The van der Waals surface area contributed by atoms with Gasteiger partial charge in [0, 0.05) is 26.3 Å². The minimum Gasteiger partial charge on any atom is -0.385 e. The van der Waals surface area contributed by atoms with E-state index in [0.29, 0.717) is 11.5 Å². The van der Waals surface area contributed by atoms with Crippen LogP contribution in [-0.4, -0.2) is 26.3 Å². The molecule has 1 N–H and O–H groups in total. The Kier molecular flexibility index (Phi) is 5.07. The predicted octanol–water partition coefficient (Wildman–Crippen LogP) is 2.83. The van der Waals surface area contributed by atoms with Crippen molar-refractivity contribution >= 4 is 0 Å². The number of ether oxygens (including phenoxy) is 1. The van der Waals surface area contributed by atoms with Crippen molar-refractivity contribution in [3.8, 4) is 0 Å². The van der Waals surface area contributed by atoms with Gasteiger partial charge in [0.1, 0.15) is 0 Å². The Morgan fingerprint density at radius 3 is 2.33 bits per heavy atom. The summed E-state index contributed by atoms with van der Waals surface area (Å²) < 4.78 is 5.20. The van der Waals surface area contributed by atoms with E-state index in [1.165, 1.54) is 32.2 Å². The smallest absolute Gasteiger partial charge is 0.0468 e. The van der Waals surface area contributed by atoms with E-state index in [2.05, 4.69) is 26.1 Å². The third-order valence-corrected chi connectivity index (χ3v) is 4.05. The van der Waals surface area contributed by atoms with Crippen LogP contribution in [0.5, 0.6) is 0 Å². The Morgan fingerprint density at radius 1 is 1.27 bits per heavy atom. The molecule has 1 rings (SSSR count). The van der Waals surface area contributed by atoms with Crippen LogP contribution in [0.3, 0.4) is 0 Å². The monoisotopic (exact) mass is 213 g/mol. The first-order valence-corrected chi connectivity index (χ1v) is 6.32. The van der Waals surface area contributed by atoms with Gasteiger partial charge in [-0.15, -0.1) is 0 Å². The highest BCUT2D eigenvalue weighted by Crippen LogP contribution is 2.43. The second-order valence-corrected chi connectivity index (χ2v) is 5.51. The van der Waals surface area contributed by atoms with Gasteiger partial charge in [0.15, 0.2) is 0 Å². The maximum atomic E-state index is 5.20. The quantitative estimate of drug-likeness (QED) is 0.702. The highest BCUT2D eigenvalue weighted by Gasteiger charge is 2.36. The zero-order valence-corrected chi connectivity index (χ0v) is 10.8. The molecule has 1 fully saturated rings. The highest BCUT2D eigenvalue weighted by molar-refractivity contribution is 4.90. The lowest BCUT2D eigenvalue weighted by atomic mass is 9.66. The summed E-state index contributed by atoms with van der Waals surface area (Å²) in [6.07, 6.45) is 5.39. The fraction of sp³-hybridized carbons (Fsp3) is 1.00. The number of hydrogen-bond donors (Lipinski definition) is 1. The van der Waals surface area contributed by atoms with Crippen molar-refractivity contribution in [2.75, 3.05) is 20.3 Å². The van der Waals surface area contributed by atoms with Crippen LogP contribution in [0, 0.1) is 11.3 Å². The SMILES string of the molecule is COCCC1(CNC(C)C(C)C)CCC1. The van der Waals surface area contributed by atoms with Crippen molar-refractivity contribution in [3.05, 3.63) is 0 Å². The summed E-state index contributed by atoms with van der Waals surface area (Å²) >= 11 is 0. The van der Waals surface area contributed by atoms with Crippen molar-refractivity contribution in [1.82, 2.24) is 5.32 Å². The van der Waals surface area contributed by atoms with Crippen molar-refractivity contribution in [2.24, 2.45) is 11.3 Å². The summed E-state index contributed by atoms with van der Waals surface area (Å²) in [6.45, 7) is 8.93. The Labute approximate surface area is 94.8 Å². The molecule has 1 atom stereocenters. The van der Waals surface area contributed by atoms with Gasteiger partial charge < -0.3 is 10.1 Å². The van der Waals surface area contributed by atoms with E-state index in [9.17, 15) is 0 Å². The summed E-state index contributed by atoms with van der Waals surface area (Å²) in [5.41, 5.74) is 0.555. The summed E-state index contributed by atoms with van der Waals surface area (Å²) in [5.74, 6) is 0.726. The van der Waals surface area contributed by atoms with Gasteiger partial charge >= 0.3 is 0 Å². The maximum Gasteiger partial charge on any atom is 0.0468 e. The van der Waals surface area contributed by atoms with E-state index in [0.717, 1.165) is 12.5 Å². The van der Waals surface area contributed by atoms with Crippen LogP contribution in [0.25, 0.3) is 0 Å². The highest BCUT2D eigenvalue weighted by atomic mass is 16.5. The fourth-order valence-corrected chi connectivity index (χ4v) is 2.12. The molecule has 90 valence electrons. The standard InChI is InChI=1S/C13H27NO/c1-11(2)12(3)14-10-13(6-5-7-13)8-9-15-4/h11-12,14H,5-10H2,1-4H3.